The van der Waals surface area contributed by atoms with E-state index in [2.05, 4.69) is 11.4 Å². The van der Waals surface area contributed by atoms with Crippen LogP contribution in [0.2, 0.25) is 0 Å². The molecule has 1 rings (SSSR count). The summed E-state index contributed by atoms with van der Waals surface area (Å²) < 4.78 is 5.29. The monoisotopic (exact) mass is 194 g/mol. The molecule has 0 aliphatic carbocycles. The molecule has 0 bridgehead atoms. The topological polar surface area (TPSA) is 47.3 Å². The van der Waals surface area contributed by atoms with Crippen LogP contribution in [0.5, 0.6) is 5.75 Å². The molecule has 0 saturated heterocycles. The van der Waals surface area contributed by atoms with Crippen molar-refractivity contribution in [1.29, 1.82) is 0 Å². The lowest BCUT2D eigenvalue weighted by Crippen LogP contribution is -2.24. The molecule has 78 valence electrons. The molecular formula is C11H18N2O. The van der Waals surface area contributed by atoms with Crippen LogP contribution in [-0.4, -0.2) is 27.2 Å². The summed E-state index contributed by atoms with van der Waals surface area (Å²) in [7, 11) is 3.61. The average molecular weight is 194 g/mol. The number of methoxy groups -OCH3 is 1. The summed E-state index contributed by atoms with van der Waals surface area (Å²) in [6, 6.07) is 8.01. The predicted octanol–water partition coefficient (Wildman–Crippen LogP) is 0.957. The van der Waals surface area contributed by atoms with E-state index in [1.54, 1.807) is 7.11 Å². The van der Waals surface area contributed by atoms with Crippen molar-refractivity contribution in [3.63, 3.8) is 0 Å². The third kappa shape index (κ3) is 2.47. The van der Waals surface area contributed by atoms with E-state index in [-0.39, 0.29) is 0 Å². The molecule has 3 N–H and O–H groups in total. The van der Waals surface area contributed by atoms with Gasteiger partial charge in [0.2, 0.25) is 0 Å². The number of benzene rings is 1. The minimum atomic E-state index is 0.316. The lowest BCUT2D eigenvalue weighted by atomic mass is 9.98. The lowest BCUT2D eigenvalue weighted by molar-refractivity contribution is 0.404. The fraction of sp³-hybridized carbons (Fsp3) is 0.455. The molecule has 1 atom stereocenters. The average Bonchev–Trinajstić information content (AvgIpc) is 2.26. The number of hydrogen-bond donors (Lipinski definition) is 2. The van der Waals surface area contributed by atoms with Crippen LogP contribution in [0.25, 0.3) is 0 Å². The van der Waals surface area contributed by atoms with Gasteiger partial charge in [0.05, 0.1) is 7.11 Å². The van der Waals surface area contributed by atoms with Gasteiger partial charge >= 0.3 is 0 Å². The first-order valence-electron chi connectivity index (χ1n) is 4.81. The van der Waals surface area contributed by atoms with Crippen LogP contribution >= 0.6 is 0 Å². The number of para-hydroxylation sites is 1. The van der Waals surface area contributed by atoms with Gasteiger partial charge in [-0.3, -0.25) is 0 Å². The summed E-state index contributed by atoms with van der Waals surface area (Å²) >= 11 is 0. The first-order valence-corrected chi connectivity index (χ1v) is 4.81. The molecule has 3 heteroatoms. The Kier molecular flexibility index (Phi) is 4.43. The summed E-state index contributed by atoms with van der Waals surface area (Å²) in [5, 5.41) is 3.13. The van der Waals surface area contributed by atoms with Crippen LogP contribution < -0.4 is 15.8 Å². The van der Waals surface area contributed by atoms with E-state index in [0.717, 1.165) is 12.3 Å². The molecule has 3 nitrogen and oxygen atoms in total. The van der Waals surface area contributed by atoms with Crippen LogP contribution in [0.1, 0.15) is 11.5 Å². The first-order chi connectivity index (χ1) is 6.83. The molecular weight excluding hydrogens is 176 g/mol. The quantitative estimate of drug-likeness (QED) is 0.734. The van der Waals surface area contributed by atoms with Gasteiger partial charge in [-0.15, -0.1) is 0 Å². The highest BCUT2D eigenvalue weighted by molar-refractivity contribution is 5.36. The molecule has 0 heterocycles. The van der Waals surface area contributed by atoms with Crippen molar-refractivity contribution in [1.82, 2.24) is 5.32 Å². The largest absolute Gasteiger partial charge is 0.496 e. The van der Waals surface area contributed by atoms with Crippen LogP contribution in [0.4, 0.5) is 0 Å². The van der Waals surface area contributed by atoms with Gasteiger partial charge < -0.3 is 15.8 Å². The molecule has 0 spiro atoms. The van der Waals surface area contributed by atoms with Gasteiger partial charge in [-0.1, -0.05) is 18.2 Å². The fourth-order valence-electron chi connectivity index (χ4n) is 1.57. The van der Waals surface area contributed by atoms with Crippen molar-refractivity contribution in [3.05, 3.63) is 29.8 Å². The number of likely N-dealkylation sites (N-methyl/N-ethyl adjacent to an activating group) is 1. The van der Waals surface area contributed by atoms with E-state index in [4.69, 9.17) is 10.5 Å². The third-order valence-electron chi connectivity index (χ3n) is 2.31. The SMILES string of the molecule is CNCC(CN)c1ccccc1OC. The fourth-order valence-corrected chi connectivity index (χ4v) is 1.57. The zero-order chi connectivity index (χ0) is 10.4. The molecule has 0 radical (unpaired) electrons. The Morgan fingerprint density at radius 3 is 2.71 bits per heavy atom. The number of rotatable bonds is 5. The Balaban J connectivity index is 2.90. The normalized spacial score (nSPS) is 12.5. The van der Waals surface area contributed by atoms with Gasteiger partial charge in [-0.2, -0.15) is 0 Å². The van der Waals surface area contributed by atoms with Gasteiger partial charge in [0.1, 0.15) is 5.75 Å². The van der Waals surface area contributed by atoms with E-state index >= 15 is 0 Å². The second-order valence-corrected chi connectivity index (χ2v) is 3.23. The Morgan fingerprint density at radius 1 is 1.43 bits per heavy atom. The van der Waals surface area contributed by atoms with Crippen LogP contribution in [0.15, 0.2) is 24.3 Å². The maximum atomic E-state index is 5.72. The molecule has 0 saturated carbocycles. The van der Waals surface area contributed by atoms with E-state index in [1.807, 2.05) is 25.2 Å². The highest BCUT2D eigenvalue weighted by Gasteiger charge is 2.12. The van der Waals surface area contributed by atoms with Crippen molar-refractivity contribution in [2.75, 3.05) is 27.2 Å². The van der Waals surface area contributed by atoms with Gasteiger partial charge in [0.25, 0.3) is 0 Å². The Bertz CT molecular complexity index is 276. The Labute approximate surface area is 85.3 Å². The van der Waals surface area contributed by atoms with Crippen molar-refractivity contribution in [2.45, 2.75) is 5.92 Å². The zero-order valence-electron chi connectivity index (χ0n) is 8.79. The van der Waals surface area contributed by atoms with Crippen LogP contribution in [0, 0.1) is 0 Å². The van der Waals surface area contributed by atoms with Gasteiger partial charge in [0, 0.05) is 19.0 Å². The summed E-state index contributed by atoms with van der Waals surface area (Å²) in [5.74, 6) is 1.23. The van der Waals surface area contributed by atoms with Gasteiger partial charge in [0.15, 0.2) is 0 Å². The summed E-state index contributed by atoms with van der Waals surface area (Å²) in [5.41, 5.74) is 6.89. The highest BCUT2D eigenvalue weighted by Crippen LogP contribution is 2.24. The van der Waals surface area contributed by atoms with E-state index in [1.165, 1.54) is 5.56 Å². The van der Waals surface area contributed by atoms with Crippen molar-refractivity contribution >= 4 is 0 Å². The van der Waals surface area contributed by atoms with Crippen molar-refractivity contribution in [2.24, 2.45) is 5.73 Å². The molecule has 1 aromatic carbocycles. The smallest absolute Gasteiger partial charge is 0.122 e. The third-order valence-corrected chi connectivity index (χ3v) is 2.31. The van der Waals surface area contributed by atoms with Gasteiger partial charge in [-0.25, -0.2) is 0 Å². The summed E-state index contributed by atoms with van der Waals surface area (Å²) in [6.07, 6.45) is 0. The molecule has 1 unspecified atom stereocenters. The van der Waals surface area contributed by atoms with Crippen LogP contribution in [0.3, 0.4) is 0 Å². The zero-order valence-corrected chi connectivity index (χ0v) is 8.79. The molecule has 14 heavy (non-hydrogen) atoms. The minimum absolute atomic E-state index is 0.316. The maximum absolute atomic E-state index is 5.72. The van der Waals surface area contributed by atoms with Crippen molar-refractivity contribution < 1.29 is 4.74 Å². The standard InChI is InChI=1S/C11H18N2O/c1-13-8-9(7-12)10-5-3-4-6-11(10)14-2/h3-6,9,13H,7-8,12H2,1-2H3. The second-order valence-electron chi connectivity index (χ2n) is 3.23. The Hall–Kier alpha value is -1.06. The van der Waals surface area contributed by atoms with E-state index in [0.29, 0.717) is 12.5 Å². The molecule has 0 aliphatic rings. The number of nitrogens with two attached hydrogens (primary N) is 1. The van der Waals surface area contributed by atoms with Crippen LogP contribution in [-0.2, 0) is 0 Å². The van der Waals surface area contributed by atoms with Crippen molar-refractivity contribution in [3.8, 4) is 5.75 Å². The first kappa shape index (κ1) is 11.0. The number of hydrogen-bond acceptors (Lipinski definition) is 3. The van der Waals surface area contributed by atoms with E-state index in [9.17, 15) is 0 Å². The summed E-state index contributed by atoms with van der Waals surface area (Å²) in [6.45, 7) is 1.50. The number of nitrogens with one attached hydrogen (secondary N) is 1. The van der Waals surface area contributed by atoms with E-state index < -0.39 is 0 Å². The molecule has 0 aliphatic heterocycles. The second kappa shape index (κ2) is 5.62. The Morgan fingerprint density at radius 2 is 2.14 bits per heavy atom. The molecule has 1 aromatic rings. The molecule has 0 amide bonds. The molecule has 0 fully saturated rings. The summed E-state index contributed by atoms with van der Waals surface area (Å²) in [4.78, 5) is 0. The minimum Gasteiger partial charge on any atom is -0.496 e. The predicted molar refractivity (Wildman–Crippen MR) is 58.7 cm³/mol. The lowest BCUT2D eigenvalue weighted by Gasteiger charge is -2.17. The molecule has 0 aromatic heterocycles. The van der Waals surface area contributed by atoms with Gasteiger partial charge in [-0.05, 0) is 18.7 Å². The number of ether oxygens (including phenoxy) is 1. The maximum Gasteiger partial charge on any atom is 0.122 e. The highest BCUT2D eigenvalue weighted by atomic mass is 16.5.